The van der Waals surface area contributed by atoms with Crippen LogP contribution in [-0.4, -0.2) is 79.6 Å². The van der Waals surface area contributed by atoms with E-state index in [1.165, 1.54) is 0 Å². The molecular weight excluding hydrogens is 472 g/mol. The number of carbonyl (C=O) groups is 1. The van der Waals surface area contributed by atoms with Crippen molar-refractivity contribution in [3.63, 3.8) is 0 Å². The average molecular weight is 505 g/mol. The molecule has 3 aromatic rings. The third kappa shape index (κ3) is 4.74. The summed E-state index contributed by atoms with van der Waals surface area (Å²) in [5, 5.41) is 3.85. The molecule has 1 amide bonds. The number of nitrogens with one attached hydrogen (secondary N) is 1. The second-order valence-electron chi connectivity index (χ2n) is 10.4. The van der Waals surface area contributed by atoms with E-state index < -0.39 is 0 Å². The Kier molecular flexibility index (Phi) is 6.44. The van der Waals surface area contributed by atoms with Crippen molar-refractivity contribution in [2.75, 3.05) is 53.2 Å². The minimum absolute atomic E-state index is 0.0806. The molecule has 3 fully saturated rings. The number of methoxy groups -OCH3 is 1. The van der Waals surface area contributed by atoms with Crippen molar-refractivity contribution in [1.29, 1.82) is 0 Å². The lowest BCUT2D eigenvalue weighted by Crippen LogP contribution is -2.59. The maximum Gasteiger partial charge on any atom is 0.265 e. The Labute approximate surface area is 215 Å². The van der Waals surface area contributed by atoms with Crippen LogP contribution in [0.15, 0.2) is 47.4 Å². The summed E-state index contributed by atoms with van der Waals surface area (Å²) in [5.41, 5.74) is 2.57. The van der Waals surface area contributed by atoms with Gasteiger partial charge in [-0.25, -0.2) is 4.98 Å². The number of amides is 1. The van der Waals surface area contributed by atoms with E-state index in [0.717, 1.165) is 61.4 Å². The molecule has 0 atom stereocenters. The summed E-state index contributed by atoms with van der Waals surface area (Å²) in [6.07, 6.45) is 3.59. The molecule has 9 nitrogen and oxygen atoms in total. The van der Waals surface area contributed by atoms with Crippen LogP contribution in [0.25, 0.3) is 22.2 Å². The molecule has 6 rings (SSSR count). The Morgan fingerprint density at radius 3 is 2.51 bits per heavy atom. The second-order valence-corrected chi connectivity index (χ2v) is 10.4. The second kappa shape index (κ2) is 9.89. The van der Waals surface area contributed by atoms with Crippen LogP contribution in [0.2, 0.25) is 0 Å². The zero-order valence-corrected chi connectivity index (χ0v) is 21.1. The molecular formula is C28H32N4O5. The van der Waals surface area contributed by atoms with E-state index in [4.69, 9.17) is 19.2 Å². The minimum atomic E-state index is -0.318. The van der Waals surface area contributed by atoms with Crippen LogP contribution in [0.1, 0.15) is 23.2 Å². The number of pyridine rings is 2. The summed E-state index contributed by atoms with van der Waals surface area (Å²) < 4.78 is 17.7. The molecule has 9 heteroatoms. The van der Waals surface area contributed by atoms with E-state index in [0.29, 0.717) is 32.0 Å². The number of carbonyl (C=O) groups excluding carboxylic acids is 1. The Morgan fingerprint density at radius 2 is 1.84 bits per heavy atom. The molecule has 37 heavy (non-hydrogen) atoms. The molecule has 3 aliphatic rings. The topological polar surface area (TPSA) is 94.9 Å². The number of hydrogen-bond acceptors (Lipinski definition) is 7. The maximum atomic E-state index is 13.6. The van der Waals surface area contributed by atoms with Crippen molar-refractivity contribution in [1.82, 2.24) is 19.8 Å². The number of hydrogen-bond donors (Lipinski definition) is 1. The molecule has 1 saturated carbocycles. The first kappa shape index (κ1) is 24.1. The van der Waals surface area contributed by atoms with Gasteiger partial charge in [0.05, 0.1) is 33.5 Å². The Bertz CT molecular complexity index is 1350. The molecule has 1 aliphatic carbocycles. The number of nitrogens with zero attached hydrogens (tertiary/aromatic N) is 3. The molecule has 2 aromatic heterocycles. The lowest BCUT2D eigenvalue weighted by molar-refractivity contribution is -0.165. The number of benzene rings is 1. The summed E-state index contributed by atoms with van der Waals surface area (Å²) in [6, 6.07) is 11.5. The molecule has 1 N–H and O–H groups in total. The van der Waals surface area contributed by atoms with Gasteiger partial charge in [-0.15, -0.1) is 0 Å². The van der Waals surface area contributed by atoms with E-state index in [1.54, 1.807) is 23.9 Å². The molecule has 0 unspecified atom stereocenters. The highest BCUT2D eigenvalue weighted by atomic mass is 16.5. The van der Waals surface area contributed by atoms with E-state index in [2.05, 4.69) is 10.2 Å². The van der Waals surface area contributed by atoms with Crippen LogP contribution in [0, 0.1) is 5.41 Å². The maximum absolute atomic E-state index is 13.6. The summed E-state index contributed by atoms with van der Waals surface area (Å²) in [5.74, 6) is 0.460. The first-order chi connectivity index (χ1) is 18.0. The van der Waals surface area contributed by atoms with Crippen molar-refractivity contribution >= 4 is 16.9 Å². The highest BCUT2D eigenvalue weighted by molar-refractivity contribution is 5.97. The smallest absolute Gasteiger partial charge is 0.265 e. The Hall–Kier alpha value is -3.27. The lowest BCUT2D eigenvalue weighted by atomic mass is 9.64. The predicted octanol–water partition coefficient (Wildman–Crippen LogP) is 2.31. The highest BCUT2D eigenvalue weighted by Crippen LogP contribution is 2.46. The van der Waals surface area contributed by atoms with E-state index >= 15 is 0 Å². The minimum Gasteiger partial charge on any atom is -0.497 e. The predicted molar refractivity (Wildman–Crippen MR) is 139 cm³/mol. The third-order valence-electron chi connectivity index (χ3n) is 7.85. The van der Waals surface area contributed by atoms with Gasteiger partial charge in [0.25, 0.3) is 11.5 Å². The van der Waals surface area contributed by atoms with E-state index in [9.17, 15) is 9.59 Å². The molecule has 194 valence electrons. The summed E-state index contributed by atoms with van der Waals surface area (Å²) in [7, 11) is 1.64. The Balaban J connectivity index is 1.32. The van der Waals surface area contributed by atoms with Gasteiger partial charge in [-0.1, -0.05) is 12.1 Å². The zero-order valence-electron chi connectivity index (χ0n) is 21.1. The number of rotatable bonds is 7. The standard InChI is InChI=1S/C28H32N4O5/c1-35-23-4-2-19(3-5-23)21-12-20-13-24(26(33)30-22-14-28(15-22)17-37-18-28)27(34)32(25(20)29-16-21)7-6-31-8-10-36-11-9-31/h2-5,12-13,16,22H,6-11,14-15,17-18H2,1H3,(H,30,33). The van der Waals surface area contributed by atoms with Gasteiger partial charge in [0.1, 0.15) is 17.0 Å². The van der Waals surface area contributed by atoms with Crippen molar-refractivity contribution in [2.24, 2.45) is 5.41 Å². The van der Waals surface area contributed by atoms with Gasteiger partial charge in [-0.2, -0.15) is 0 Å². The van der Waals surface area contributed by atoms with Gasteiger partial charge in [0, 0.05) is 54.8 Å². The van der Waals surface area contributed by atoms with Crippen molar-refractivity contribution in [3.8, 4) is 16.9 Å². The van der Waals surface area contributed by atoms with Crippen LogP contribution >= 0.6 is 0 Å². The van der Waals surface area contributed by atoms with Gasteiger partial charge >= 0.3 is 0 Å². The van der Waals surface area contributed by atoms with Gasteiger partial charge < -0.3 is 19.5 Å². The van der Waals surface area contributed by atoms with Crippen LogP contribution in [0.5, 0.6) is 5.75 Å². The van der Waals surface area contributed by atoms with Gasteiger partial charge in [0.2, 0.25) is 0 Å². The molecule has 2 aliphatic heterocycles. The third-order valence-corrected chi connectivity index (χ3v) is 7.85. The number of aromatic nitrogens is 2. The van der Waals surface area contributed by atoms with Gasteiger partial charge in [0.15, 0.2) is 0 Å². The first-order valence-electron chi connectivity index (χ1n) is 12.9. The number of fused-ring (bicyclic) bond motifs is 1. The van der Waals surface area contributed by atoms with Crippen molar-refractivity contribution in [3.05, 3.63) is 58.5 Å². The van der Waals surface area contributed by atoms with Crippen LogP contribution in [0.4, 0.5) is 0 Å². The lowest BCUT2D eigenvalue weighted by Gasteiger charge is -2.53. The molecule has 1 spiro atoms. The summed E-state index contributed by atoms with van der Waals surface area (Å²) >= 11 is 0. The van der Waals surface area contributed by atoms with Crippen molar-refractivity contribution < 1.29 is 19.0 Å². The number of ether oxygens (including phenoxy) is 3. The SMILES string of the molecule is COc1ccc(-c2cnc3c(c2)cc(C(=O)NC2CC4(COC4)C2)c(=O)n3CCN2CCOCC2)cc1. The Morgan fingerprint density at radius 1 is 1.08 bits per heavy atom. The molecule has 0 bridgehead atoms. The van der Waals surface area contributed by atoms with Crippen LogP contribution in [-0.2, 0) is 16.0 Å². The summed E-state index contributed by atoms with van der Waals surface area (Å²) in [6.45, 7) is 5.72. The molecule has 1 aromatic carbocycles. The average Bonchev–Trinajstić information content (AvgIpc) is 2.89. The fraction of sp³-hybridized carbons (Fsp3) is 0.464. The molecule has 2 saturated heterocycles. The molecule has 0 radical (unpaired) electrons. The fourth-order valence-electron chi connectivity index (χ4n) is 5.62. The normalized spacial score (nSPS) is 19.4. The first-order valence-corrected chi connectivity index (χ1v) is 12.9. The van der Waals surface area contributed by atoms with E-state index in [1.807, 2.05) is 30.3 Å². The van der Waals surface area contributed by atoms with Crippen LogP contribution < -0.4 is 15.6 Å². The highest BCUT2D eigenvalue weighted by Gasteiger charge is 2.50. The quantitative estimate of drug-likeness (QED) is 0.528. The van der Waals surface area contributed by atoms with Crippen molar-refractivity contribution in [2.45, 2.75) is 25.4 Å². The zero-order chi connectivity index (χ0) is 25.4. The van der Waals surface area contributed by atoms with Gasteiger partial charge in [-0.3, -0.25) is 19.1 Å². The van der Waals surface area contributed by atoms with E-state index in [-0.39, 0.29) is 28.5 Å². The largest absolute Gasteiger partial charge is 0.497 e. The monoisotopic (exact) mass is 504 g/mol. The fourth-order valence-corrected chi connectivity index (χ4v) is 5.62. The van der Waals surface area contributed by atoms with Gasteiger partial charge in [-0.05, 0) is 42.7 Å². The summed E-state index contributed by atoms with van der Waals surface area (Å²) in [4.78, 5) is 33.9. The van der Waals surface area contributed by atoms with Crippen LogP contribution in [0.3, 0.4) is 0 Å². The number of morpholine rings is 1. The molecule has 4 heterocycles.